The molecular weight excluding hydrogens is 572 g/mol. The molecule has 0 bridgehead atoms. The van der Waals surface area contributed by atoms with E-state index in [4.69, 9.17) is 0 Å². The Kier molecular flexibility index (Phi) is 125. The molecule has 0 aliphatic heterocycles. The maximum atomic E-state index is 0. The Hall–Kier alpha value is 2.79. The van der Waals surface area contributed by atoms with E-state index in [1.165, 1.54) is 0 Å². The molecule has 0 amide bonds. The van der Waals surface area contributed by atoms with Crippen LogP contribution in [-0.4, -0.2) is 27.3 Å². The monoisotopic (exact) mass is 574 g/mol. The van der Waals surface area contributed by atoms with E-state index in [0.29, 0.717) is 0 Å². The van der Waals surface area contributed by atoms with Crippen LogP contribution in [0.25, 0.3) is 0 Å². The average Bonchev–Trinajstić information content (AvgIpc) is 0. The van der Waals surface area contributed by atoms with Gasteiger partial charge in [-0.05, 0) is 0 Å². The largest absolute Gasteiger partial charge is 0 e. The fourth-order valence-electron chi connectivity index (χ4n) is 0. The summed E-state index contributed by atoms with van der Waals surface area (Å²) in [7, 11) is 0. The zero-order valence-corrected chi connectivity index (χ0v) is 11.9. The van der Waals surface area contributed by atoms with Crippen molar-refractivity contribution in [2.24, 2.45) is 0 Å². The van der Waals surface area contributed by atoms with Crippen LogP contribution in [0.1, 0.15) is 0 Å². The van der Waals surface area contributed by atoms with Gasteiger partial charge in [-0.15, -0.1) is 0 Å². The Morgan fingerprint density at radius 2 is 1.00 bits per heavy atom. The molecular formula is H2CuPbPdPt. The molecule has 0 saturated heterocycles. The summed E-state index contributed by atoms with van der Waals surface area (Å²) in [6, 6.07) is 0. The first-order valence-electron chi connectivity index (χ1n) is 0. The Morgan fingerprint density at radius 3 is 1.00 bits per heavy atom. The van der Waals surface area contributed by atoms with Gasteiger partial charge in [-0.2, -0.15) is 0 Å². The zero-order valence-electron chi connectivity index (χ0n) is 1.64. The maximum absolute atomic E-state index is 0. The first kappa shape index (κ1) is 29.2. The smallest absolute Gasteiger partial charge is 0 e. The molecule has 0 aromatic heterocycles. The molecule has 0 saturated carbocycles. The van der Waals surface area contributed by atoms with Gasteiger partial charge in [-0.1, -0.05) is 0 Å². The van der Waals surface area contributed by atoms with Gasteiger partial charge in [0.1, 0.15) is 0 Å². The maximum Gasteiger partial charge on any atom is 0 e. The van der Waals surface area contributed by atoms with Gasteiger partial charge in [-0.3, -0.25) is 0 Å². The molecule has 0 N–H and O–H groups in total. The van der Waals surface area contributed by atoms with Crippen molar-refractivity contribution in [3.8, 4) is 0 Å². The van der Waals surface area contributed by atoms with Gasteiger partial charge in [0.15, 0.2) is 0 Å². The van der Waals surface area contributed by atoms with Gasteiger partial charge in [0, 0.05) is 58.6 Å². The average molecular weight is 574 g/mol. The molecule has 3 radical (unpaired) electrons. The summed E-state index contributed by atoms with van der Waals surface area (Å²) in [6.07, 6.45) is 0. The molecule has 0 fully saturated rings. The van der Waals surface area contributed by atoms with Gasteiger partial charge in [0.05, 0.1) is 0 Å². The van der Waals surface area contributed by atoms with E-state index in [1.807, 2.05) is 0 Å². The van der Waals surface area contributed by atoms with Crippen molar-refractivity contribution >= 4 is 27.3 Å². The van der Waals surface area contributed by atoms with Crippen LogP contribution in [0.4, 0.5) is 0 Å². The minimum absolute atomic E-state index is 0. The Labute approximate surface area is 84.4 Å². The van der Waals surface area contributed by atoms with E-state index in [0.717, 1.165) is 0 Å². The Morgan fingerprint density at radius 1 is 1.00 bits per heavy atom. The van der Waals surface area contributed by atoms with Crippen molar-refractivity contribution in [3.63, 3.8) is 0 Å². The molecule has 4 heavy (non-hydrogen) atoms. The molecule has 0 atom stereocenters. The first-order chi connectivity index (χ1) is 0. The third-order valence-electron chi connectivity index (χ3n) is 0. The summed E-state index contributed by atoms with van der Waals surface area (Å²) in [5, 5.41) is 0. The van der Waals surface area contributed by atoms with Crippen molar-refractivity contribution in [1.29, 1.82) is 0 Å². The molecule has 37 valence electrons. The molecule has 0 aromatic rings. The van der Waals surface area contributed by atoms with E-state index in [1.54, 1.807) is 0 Å². The Bertz CT molecular complexity index is 8.00. The van der Waals surface area contributed by atoms with Gasteiger partial charge in [0.25, 0.3) is 0 Å². The fourth-order valence-corrected chi connectivity index (χ4v) is 0. The van der Waals surface area contributed by atoms with Crippen molar-refractivity contribution in [2.75, 3.05) is 0 Å². The van der Waals surface area contributed by atoms with Crippen LogP contribution in [0.3, 0.4) is 0 Å². The normalized spacial score (nSPS) is 0. The van der Waals surface area contributed by atoms with Gasteiger partial charge >= 0.3 is 27.3 Å². The number of hydrogen-bond donors (Lipinski definition) is 0. The standard InChI is InChI=1S/Cu.Pb.Pd.Pt.2H. The van der Waals surface area contributed by atoms with Crippen LogP contribution in [0.15, 0.2) is 0 Å². The van der Waals surface area contributed by atoms with E-state index < -0.39 is 0 Å². The fraction of sp³-hybridized carbons (Fsp3) is 0. The summed E-state index contributed by atoms with van der Waals surface area (Å²) in [4.78, 5) is 0. The van der Waals surface area contributed by atoms with Crippen molar-refractivity contribution in [1.82, 2.24) is 0 Å². The molecule has 0 rings (SSSR count). The van der Waals surface area contributed by atoms with E-state index >= 15 is 0 Å². The number of hydrogen-bond acceptors (Lipinski definition) is 0. The van der Waals surface area contributed by atoms with Gasteiger partial charge in [-0.25, -0.2) is 0 Å². The molecule has 0 aliphatic carbocycles. The quantitative estimate of drug-likeness (QED) is 0.329. The molecule has 0 aromatic carbocycles. The summed E-state index contributed by atoms with van der Waals surface area (Å²) >= 11 is 0. The molecule has 0 nitrogen and oxygen atoms in total. The van der Waals surface area contributed by atoms with E-state index in [9.17, 15) is 0 Å². The predicted octanol–water partition coefficient (Wildman–Crippen LogP) is -0.924. The topological polar surface area (TPSA) is 0 Å². The van der Waals surface area contributed by atoms with Crippen molar-refractivity contribution < 1.29 is 58.6 Å². The minimum Gasteiger partial charge on any atom is 0 e. The zero-order chi connectivity index (χ0) is 0. The molecule has 0 aliphatic rings. The SMILES string of the molecule is [Cu].[PbH2].[Pd].[Pt]. The second-order valence-electron chi connectivity index (χ2n) is 0. The van der Waals surface area contributed by atoms with Crippen LogP contribution in [0.2, 0.25) is 0 Å². The van der Waals surface area contributed by atoms with E-state index in [-0.39, 0.29) is 85.9 Å². The van der Waals surface area contributed by atoms with Crippen LogP contribution in [0, 0.1) is 0 Å². The summed E-state index contributed by atoms with van der Waals surface area (Å²) in [6.45, 7) is 0. The number of rotatable bonds is 0. The second-order valence-corrected chi connectivity index (χ2v) is 0. The van der Waals surface area contributed by atoms with Crippen LogP contribution in [0.5, 0.6) is 0 Å². The van der Waals surface area contributed by atoms with Crippen LogP contribution in [-0.2, 0) is 58.6 Å². The third kappa shape index (κ3) is 8.84. The Balaban J connectivity index is 0. The third-order valence-corrected chi connectivity index (χ3v) is 0. The van der Waals surface area contributed by atoms with Crippen LogP contribution < -0.4 is 0 Å². The molecule has 0 spiro atoms. The summed E-state index contributed by atoms with van der Waals surface area (Å²) in [5.41, 5.74) is 0. The molecule has 0 heterocycles. The van der Waals surface area contributed by atoms with Crippen LogP contribution >= 0.6 is 0 Å². The van der Waals surface area contributed by atoms with Gasteiger partial charge < -0.3 is 0 Å². The van der Waals surface area contributed by atoms with Crippen molar-refractivity contribution in [2.45, 2.75) is 0 Å². The van der Waals surface area contributed by atoms with Gasteiger partial charge in [0.2, 0.25) is 0 Å². The summed E-state index contributed by atoms with van der Waals surface area (Å²) in [5.74, 6) is 0. The molecule has 0 unspecified atom stereocenters. The first-order valence-corrected chi connectivity index (χ1v) is 0. The van der Waals surface area contributed by atoms with E-state index in [2.05, 4.69) is 0 Å². The second kappa shape index (κ2) is 17.1. The predicted molar refractivity (Wildman–Crippen MR) is 8.54 cm³/mol. The van der Waals surface area contributed by atoms with Crippen molar-refractivity contribution in [3.05, 3.63) is 0 Å². The minimum atomic E-state index is 0. The summed E-state index contributed by atoms with van der Waals surface area (Å²) < 4.78 is 0. The molecule has 4 heteroatoms.